The highest BCUT2D eigenvalue weighted by atomic mass is 35.5. The number of ether oxygens (including phenoxy) is 1. The fourth-order valence-electron chi connectivity index (χ4n) is 2.20. The lowest BCUT2D eigenvalue weighted by Gasteiger charge is -2.25. The van der Waals surface area contributed by atoms with E-state index in [0.29, 0.717) is 12.0 Å². The summed E-state index contributed by atoms with van der Waals surface area (Å²) in [4.78, 5) is 0. The fourth-order valence-corrected chi connectivity index (χ4v) is 2.20. The van der Waals surface area contributed by atoms with Crippen molar-refractivity contribution in [3.63, 3.8) is 0 Å². The molecule has 1 heterocycles. The van der Waals surface area contributed by atoms with E-state index in [1.54, 1.807) is 0 Å². The van der Waals surface area contributed by atoms with Crippen molar-refractivity contribution in [3.8, 4) is 5.75 Å². The first-order valence-electron chi connectivity index (χ1n) is 6.64. The molecule has 1 aromatic rings. The minimum Gasteiger partial charge on any atom is -0.490 e. The van der Waals surface area contributed by atoms with Gasteiger partial charge in [-0.1, -0.05) is 26.0 Å². The monoisotopic (exact) mass is 269 g/mol. The highest BCUT2D eigenvalue weighted by molar-refractivity contribution is 5.85. The molecule has 0 radical (unpaired) electrons. The molecule has 1 fully saturated rings. The van der Waals surface area contributed by atoms with Crippen LogP contribution >= 0.6 is 12.4 Å². The van der Waals surface area contributed by atoms with Gasteiger partial charge in [0, 0.05) is 0 Å². The molecule has 1 aliphatic rings. The van der Waals surface area contributed by atoms with Crippen molar-refractivity contribution in [1.82, 2.24) is 5.32 Å². The van der Waals surface area contributed by atoms with E-state index >= 15 is 0 Å². The largest absolute Gasteiger partial charge is 0.490 e. The number of aryl methyl sites for hydroxylation is 1. The third-order valence-corrected chi connectivity index (χ3v) is 3.46. The number of halogens is 1. The van der Waals surface area contributed by atoms with Gasteiger partial charge in [0.1, 0.15) is 11.9 Å². The number of piperidine rings is 1. The lowest BCUT2D eigenvalue weighted by molar-refractivity contribution is 0.161. The number of hydrogen-bond donors (Lipinski definition) is 1. The lowest BCUT2D eigenvalue weighted by Crippen LogP contribution is -2.34. The van der Waals surface area contributed by atoms with Gasteiger partial charge in [-0.2, -0.15) is 0 Å². The molecule has 2 rings (SSSR count). The Morgan fingerprint density at radius 2 is 1.89 bits per heavy atom. The number of hydrogen-bond acceptors (Lipinski definition) is 2. The molecular formula is C15H24ClNO. The zero-order chi connectivity index (χ0) is 12.3. The van der Waals surface area contributed by atoms with Gasteiger partial charge in [0.15, 0.2) is 0 Å². The summed E-state index contributed by atoms with van der Waals surface area (Å²) in [5.74, 6) is 1.63. The van der Waals surface area contributed by atoms with Crippen LogP contribution in [0.15, 0.2) is 18.2 Å². The van der Waals surface area contributed by atoms with E-state index in [-0.39, 0.29) is 12.4 Å². The summed E-state index contributed by atoms with van der Waals surface area (Å²) in [7, 11) is 0. The first-order valence-corrected chi connectivity index (χ1v) is 6.64. The molecule has 0 amide bonds. The van der Waals surface area contributed by atoms with Crippen LogP contribution in [0.1, 0.15) is 43.7 Å². The van der Waals surface area contributed by atoms with E-state index < -0.39 is 0 Å². The van der Waals surface area contributed by atoms with E-state index in [1.807, 2.05) is 0 Å². The van der Waals surface area contributed by atoms with Gasteiger partial charge < -0.3 is 10.1 Å². The van der Waals surface area contributed by atoms with Crippen molar-refractivity contribution in [3.05, 3.63) is 29.3 Å². The Labute approximate surface area is 117 Å². The molecule has 0 unspecified atom stereocenters. The summed E-state index contributed by atoms with van der Waals surface area (Å²) in [6.45, 7) is 8.72. The summed E-state index contributed by atoms with van der Waals surface area (Å²) in [5.41, 5.74) is 2.60. The van der Waals surface area contributed by atoms with Gasteiger partial charge in [0.2, 0.25) is 0 Å². The lowest BCUT2D eigenvalue weighted by atomic mass is 10.0. The molecule has 1 N–H and O–H groups in total. The van der Waals surface area contributed by atoms with Crippen LogP contribution in [0.2, 0.25) is 0 Å². The Bertz CT molecular complexity index is 373. The van der Waals surface area contributed by atoms with Crippen LogP contribution in [-0.4, -0.2) is 19.2 Å². The first kappa shape index (κ1) is 15.3. The van der Waals surface area contributed by atoms with Crippen LogP contribution in [0.4, 0.5) is 0 Å². The molecule has 0 bridgehead atoms. The zero-order valence-corrected chi connectivity index (χ0v) is 12.3. The molecule has 18 heavy (non-hydrogen) atoms. The Morgan fingerprint density at radius 1 is 1.22 bits per heavy atom. The third-order valence-electron chi connectivity index (χ3n) is 3.46. The molecule has 0 spiro atoms. The smallest absolute Gasteiger partial charge is 0.122 e. The van der Waals surface area contributed by atoms with Crippen LogP contribution in [0, 0.1) is 6.92 Å². The molecule has 0 saturated carbocycles. The normalized spacial score (nSPS) is 16.4. The number of benzene rings is 1. The highest BCUT2D eigenvalue weighted by Crippen LogP contribution is 2.26. The van der Waals surface area contributed by atoms with Crippen molar-refractivity contribution < 1.29 is 4.74 Å². The molecule has 1 saturated heterocycles. The number of nitrogens with one attached hydrogen (secondary N) is 1. The van der Waals surface area contributed by atoms with Crippen LogP contribution in [-0.2, 0) is 0 Å². The van der Waals surface area contributed by atoms with Crippen molar-refractivity contribution in [1.29, 1.82) is 0 Å². The van der Waals surface area contributed by atoms with Crippen LogP contribution in [0.3, 0.4) is 0 Å². The second-order valence-electron chi connectivity index (χ2n) is 5.25. The molecule has 0 aromatic heterocycles. The maximum absolute atomic E-state index is 6.14. The molecule has 102 valence electrons. The van der Waals surface area contributed by atoms with Gasteiger partial charge in [-0.15, -0.1) is 12.4 Å². The Balaban J connectivity index is 0.00000162. The summed E-state index contributed by atoms with van der Waals surface area (Å²) in [6.07, 6.45) is 2.62. The Kier molecular flexibility index (Phi) is 5.97. The van der Waals surface area contributed by atoms with Crippen molar-refractivity contribution in [2.75, 3.05) is 13.1 Å². The van der Waals surface area contributed by atoms with Gasteiger partial charge in [0.25, 0.3) is 0 Å². The van der Waals surface area contributed by atoms with E-state index in [2.05, 4.69) is 44.3 Å². The Hall–Kier alpha value is -0.730. The van der Waals surface area contributed by atoms with Gasteiger partial charge >= 0.3 is 0 Å². The highest BCUT2D eigenvalue weighted by Gasteiger charge is 2.15. The predicted octanol–water partition coefficient (Wildman–Crippen LogP) is 3.67. The zero-order valence-electron chi connectivity index (χ0n) is 11.5. The third kappa shape index (κ3) is 3.89. The fraction of sp³-hybridized carbons (Fsp3) is 0.600. The SMILES string of the molecule is Cc1ccc(C(C)C)cc1OC1CCNCC1.Cl. The molecule has 1 aliphatic heterocycles. The minimum absolute atomic E-state index is 0. The molecule has 1 aromatic carbocycles. The van der Waals surface area contributed by atoms with Crippen molar-refractivity contribution in [2.24, 2.45) is 0 Å². The second kappa shape index (κ2) is 7.01. The van der Waals surface area contributed by atoms with Crippen molar-refractivity contribution >= 4 is 12.4 Å². The second-order valence-corrected chi connectivity index (χ2v) is 5.25. The van der Waals surface area contributed by atoms with Gasteiger partial charge in [-0.3, -0.25) is 0 Å². The molecule has 3 heteroatoms. The summed E-state index contributed by atoms with van der Waals surface area (Å²) in [5, 5.41) is 3.36. The van der Waals surface area contributed by atoms with E-state index in [4.69, 9.17) is 4.74 Å². The predicted molar refractivity (Wildman–Crippen MR) is 79.0 cm³/mol. The maximum atomic E-state index is 6.14. The average Bonchev–Trinajstić information content (AvgIpc) is 2.33. The maximum Gasteiger partial charge on any atom is 0.122 e. The average molecular weight is 270 g/mol. The van der Waals surface area contributed by atoms with Crippen LogP contribution in [0.5, 0.6) is 5.75 Å². The van der Waals surface area contributed by atoms with Gasteiger partial charge in [0.05, 0.1) is 0 Å². The first-order chi connectivity index (χ1) is 8.16. The van der Waals surface area contributed by atoms with Crippen LogP contribution < -0.4 is 10.1 Å². The van der Waals surface area contributed by atoms with Crippen LogP contribution in [0.25, 0.3) is 0 Å². The topological polar surface area (TPSA) is 21.3 Å². The Morgan fingerprint density at radius 3 is 2.50 bits per heavy atom. The summed E-state index contributed by atoms with van der Waals surface area (Å²) < 4.78 is 6.14. The molecule has 2 nitrogen and oxygen atoms in total. The summed E-state index contributed by atoms with van der Waals surface area (Å²) >= 11 is 0. The minimum atomic E-state index is 0. The van der Waals surface area contributed by atoms with E-state index in [1.165, 1.54) is 11.1 Å². The number of rotatable bonds is 3. The van der Waals surface area contributed by atoms with E-state index in [9.17, 15) is 0 Å². The standard InChI is InChI=1S/C15H23NO.ClH/c1-11(2)13-5-4-12(3)15(10-13)17-14-6-8-16-9-7-14;/h4-5,10-11,14,16H,6-9H2,1-3H3;1H. The quantitative estimate of drug-likeness (QED) is 0.904. The molecular weight excluding hydrogens is 246 g/mol. The van der Waals surface area contributed by atoms with E-state index in [0.717, 1.165) is 31.7 Å². The van der Waals surface area contributed by atoms with Gasteiger partial charge in [-0.25, -0.2) is 0 Å². The summed E-state index contributed by atoms with van der Waals surface area (Å²) in [6, 6.07) is 6.59. The van der Waals surface area contributed by atoms with Gasteiger partial charge in [-0.05, 0) is 56.0 Å². The molecule has 0 atom stereocenters. The van der Waals surface area contributed by atoms with Crippen molar-refractivity contribution in [2.45, 2.75) is 45.6 Å². The molecule has 0 aliphatic carbocycles.